The van der Waals surface area contributed by atoms with Crippen molar-refractivity contribution < 1.29 is 9.60 Å². The number of para-hydroxylation sites is 1. The Bertz CT molecular complexity index is 793. The van der Waals surface area contributed by atoms with Crippen LogP contribution >= 0.6 is 11.6 Å². The Labute approximate surface area is 117 Å². The molecule has 0 bridgehead atoms. The molecule has 2 rings (SSSR count). The minimum Gasteiger partial charge on any atom is -0.411 e. The van der Waals surface area contributed by atoms with Crippen molar-refractivity contribution in [3.8, 4) is 11.8 Å². The highest BCUT2D eigenvalue weighted by Crippen LogP contribution is 2.18. The summed E-state index contributed by atoms with van der Waals surface area (Å²) in [6.07, 6.45) is 2.10. The van der Waals surface area contributed by atoms with Crippen LogP contribution in [0.15, 0.2) is 40.4 Å². The summed E-state index contributed by atoms with van der Waals surface area (Å²) >= 11 is 5.81. The molecule has 0 aliphatic rings. The highest BCUT2D eigenvalue weighted by molar-refractivity contribution is 6.33. The van der Waals surface area contributed by atoms with Crippen LogP contribution in [0, 0.1) is 17.1 Å². The SMILES string of the molecule is N#Cc1cccc(F)c1-n1ccc(Cl)c(/C=N\O)c1=O. The van der Waals surface area contributed by atoms with E-state index in [4.69, 9.17) is 22.1 Å². The molecule has 0 saturated carbocycles. The molecule has 5 nitrogen and oxygen atoms in total. The lowest BCUT2D eigenvalue weighted by Gasteiger charge is -2.10. The maximum Gasteiger partial charge on any atom is 0.265 e. The van der Waals surface area contributed by atoms with Gasteiger partial charge in [-0.2, -0.15) is 5.26 Å². The summed E-state index contributed by atoms with van der Waals surface area (Å²) in [5, 5.41) is 20.3. The van der Waals surface area contributed by atoms with Crippen LogP contribution in [0.25, 0.3) is 5.69 Å². The van der Waals surface area contributed by atoms with Gasteiger partial charge in [0.2, 0.25) is 0 Å². The molecule has 0 unspecified atom stereocenters. The maximum atomic E-state index is 13.9. The monoisotopic (exact) mass is 291 g/mol. The minimum absolute atomic E-state index is 0.00121. The molecule has 0 aliphatic carbocycles. The summed E-state index contributed by atoms with van der Waals surface area (Å²) in [7, 11) is 0. The van der Waals surface area contributed by atoms with E-state index in [2.05, 4.69) is 5.16 Å². The molecule has 0 saturated heterocycles. The van der Waals surface area contributed by atoms with E-state index in [9.17, 15) is 9.18 Å². The van der Waals surface area contributed by atoms with Gasteiger partial charge in [-0.25, -0.2) is 4.39 Å². The van der Waals surface area contributed by atoms with E-state index in [-0.39, 0.29) is 21.8 Å². The van der Waals surface area contributed by atoms with Crippen molar-refractivity contribution in [1.29, 1.82) is 5.26 Å². The highest BCUT2D eigenvalue weighted by atomic mass is 35.5. The normalized spacial score (nSPS) is 10.7. The fourth-order valence-electron chi connectivity index (χ4n) is 1.73. The Morgan fingerprint density at radius 2 is 2.20 bits per heavy atom. The minimum atomic E-state index is -0.722. The third kappa shape index (κ3) is 2.27. The van der Waals surface area contributed by atoms with Crippen LogP contribution in [0.2, 0.25) is 5.02 Å². The molecule has 2 aromatic rings. The standard InChI is InChI=1S/C13H7ClFN3O2/c14-10-4-5-18(13(19)9(10)7-17-20)12-8(6-16)2-1-3-11(12)15/h1-5,7,20H/b17-7-. The number of hydrogen-bond donors (Lipinski definition) is 1. The molecular formula is C13H7ClFN3O2. The third-order valence-corrected chi connectivity index (χ3v) is 2.94. The fraction of sp³-hybridized carbons (Fsp3) is 0. The number of benzene rings is 1. The summed E-state index contributed by atoms with van der Waals surface area (Å²) in [5.74, 6) is -0.722. The molecule has 0 aliphatic heterocycles. The van der Waals surface area contributed by atoms with Gasteiger partial charge in [0.1, 0.15) is 17.6 Å². The molecule has 0 spiro atoms. The highest BCUT2D eigenvalue weighted by Gasteiger charge is 2.15. The lowest BCUT2D eigenvalue weighted by molar-refractivity contribution is 0.322. The average molecular weight is 292 g/mol. The predicted octanol–water partition coefficient (Wildman–Crippen LogP) is 2.31. The first-order chi connectivity index (χ1) is 9.60. The van der Waals surface area contributed by atoms with Crippen LogP contribution in [0.4, 0.5) is 4.39 Å². The zero-order valence-corrected chi connectivity index (χ0v) is 10.7. The van der Waals surface area contributed by atoms with Crippen molar-refractivity contribution in [1.82, 2.24) is 4.57 Å². The Morgan fingerprint density at radius 3 is 2.85 bits per heavy atom. The van der Waals surface area contributed by atoms with Crippen LogP contribution < -0.4 is 5.56 Å². The summed E-state index contributed by atoms with van der Waals surface area (Å²) in [6, 6.07) is 7.05. The van der Waals surface area contributed by atoms with Crippen molar-refractivity contribution in [3.63, 3.8) is 0 Å². The van der Waals surface area contributed by atoms with E-state index in [1.807, 2.05) is 6.07 Å². The number of nitriles is 1. The lowest BCUT2D eigenvalue weighted by Crippen LogP contribution is -2.23. The largest absolute Gasteiger partial charge is 0.411 e. The van der Waals surface area contributed by atoms with E-state index in [0.717, 1.165) is 16.8 Å². The molecule has 1 aromatic heterocycles. The summed E-state index contributed by atoms with van der Waals surface area (Å²) < 4.78 is 14.8. The third-order valence-electron chi connectivity index (χ3n) is 2.61. The van der Waals surface area contributed by atoms with E-state index < -0.39 is 11.4 Å². The summed E-state index contributed by atoms with van der Waals surface area (Å²) in [4.78, 5) is 12.2. The van der Waals surface area contributed by atoms with E-state index >= 15 is 0 Å². The number of aromatic nitrogens is 1. The van der Waals surface area contributed by atoms with E-state index in [1.165, 1.54) is 24.4 Å². The van der Waals surface area contributed by atoms with Crippen LogP contribution in [-0.2, 0) is 0 Å². The van der Waals surface area contributed by atoms with Gasteiger partial charge in [-0.15, -0.1) is 0 Å². The average Bonchev–Trinajstić information content (AvgIpc) is 2.44. The molecule has 1 N–H and O–H groups in total. The van der Waals surface area contributed by atoms with Gasteiger partial charge in [0, 0.05) is 6.20 Å². The van der Waals surface area contributed by atoms with Gasteiger partial charge in [0.25, 0.3) is 5.56 Å². The molecule has 1 aromatic carbocycles. The number of oxime groups is 1. The van der Waals surface area contributed by atoms with Gasteiger partial charge in [-0.3, -0.25) is 9.36 Å². The predicted molar refractivity (Wildman–Crippen MR) is 71.1 cm³/mol. The quantitative estimate of drug-likeness (QED) is 0.524. The fourth-order valence-corrected chi connectivity index (χ4v) is 1.92. The van der Waals surface area contributed by atoms with E-state index in [0.29, 0.717) is 0 Å². The second-order valence-corrected chi connectivity index (χ2v) is 4.15. The van der Waals surface area contributed by atoms with Crippen molar-refractivity contribution in [3.05, 3.63) is 62.8 Å². The Morgan fingerprint density at radius 1 is 1.45 bits per heavy atom. The summed E-state index contributed by atoms with van der Waals surface area (Å²) in [5.41, 5.74) is -0.980. The first-order valence-electron chi connectivity index (χ1n) is 5.37. The van der Waals surface area contributed by atoms with E-state index in [1.54, 1.807) is 0 Å². The first-order valence-corrected chi connectivity index (χ1v) is 5.75. The van der Waals surface area contributed by atoms with Crippen LogP contribution in [0.1, 0.15) is 11.1 Å². The molecule has 0 fully saturated rings. The number of pyridine rings is 1. The Kier molecular flexibility index (Phi) is 3.82. The van der Waals surface area contributed by atoms with Crippen molar-refractivity contribution in [2.24, 2.45) is 5.16 Å². The Hall–Kier alpha value is -2.65. The number of nitrogens with zero attached hydrogens (tertiary/aromatic N) is 3. The maximum absolute atomic E-state index is 13.9. The van der Waals surface area contributed by atoms with Gasteiger partial charge in [-0.05, 0) is 18.2 Å². The Balaban J connectivity index is 2.83. The van der Waals surface area contributed by atoms with Gasteiger partial charge < -0.3 is 5.21 Å². The zero-order chi connectivity index (χ0) is 14.7. The molecule has 1 heterocycles. The van der Waals surface area contributed by atoms with Crippen LogP contribution in [0.5, 0.6) is 0 Å². The lowest BCUT2D eigenvalue weighted by atomic mass is 10.1. The van der Waals surface area contributed by atoms with Gasteiger partial charge in [0.05, 0.1) is 22.4 Å². The molecule has 0 atom stereocenters. The number of rotatable bonds is 2. The second kappa shape index (κ2) is 5.55. The number of hydrogen-bond acceptors (Lipinski definition) is 4. The van der Waals surface area contributed by atoms with Crippen molar-refractivity contribution >= 4 is 17.8 Å². The number of halogens is 2. The van der Waals surface area contributed by atoms with Crippen molar-refractivity contribution in [2.45, 2.75) is 0 Å². The molecule has 100 valence electrons. The molecule has 0 amide bonds. The van der Waals surface area contributed by atoms with Crippen LogP contribution in [0.3, 0.4) is 0 Å². The van der Waals surface area contributed by atoms with Crippen LogP contribution in [-0.4, -0.2) is 16.0 Å². The zero-order valence-electron chi connectivity index (χ0n) is 9.92. The summed E-state index contributed by atoms with van der Waals surface area (Å²) in [6.45, 7) is 0. The molecule has 0 radical (unpaired) electrons. The first kappa shape index (κ1) is 13.8. The molecule has 7 heteroatoms. The smallest absolute Gasteiger partial charge is 0.265 e. The van der Waals surface area contributed by atoms with Gasteiger partial charge in [0.15, 0.2) is 0 Å². The molecule has 20 heavy (non-hydrogen) atoms. The van der Waals surface area contributed by atoms with Crippen molar-refractivity contribution in [2.75, 3.05) is 0 Å². The second-order valence-electron chi connectivity index (χ2n) is 3.74. The van der Waals surface area contributed by atoms with Gasteiger partial charge >= 0.3 is 0 Å². The molecular weight excluding hydrogens is 285 g/mol. The van der Waals surface area contributed by atoms with Gasteiger partial charge in [-0.1, -0.05) is 22.8 Å². The topological polar surface area (TPSA) is 78.4 Å².